The molecule has 1 atom stereocenters. The Bertz CT molecular complexity index is 507. The van der Waals surface area contributed by atoms with Crippen LogP contribution in [0.5, 0.6) is 0 Å². The summed E-state index contributed by atoms with van der Waals surface area (Å²) in [4.78, 5) is -0.111. The van der Waals surface area contributed by atoms with Crippen LogP contribution in [-0.2, 0) is 14.8 Å². The molecular weight excluding hydrogens is 280 g/mol. The summed E-state index contributed by atoms with van der Waals surface area (Å²) in [5.74, 6) is 0. The first-order chi connectivity index (χ1) is 8.36. The summed E-state index contributed by atoms with van der Waals surface area (Å²) in [5, 5.41) is 9.64. The summed E-state index contributed by atoms with van der Waals surface area (Å²) in [5.41, 5.74) is 5.67. The highest BCUT2D eigenvalue weighted by atomic mass is 35.5. The van der Waals surface area contributed by atoms with E-state index in [1.807, 2.05) is 0 Å². The predicted molar refractivity (Wildman–Crippen MR) is 68.9 cm³/mol. The Morgan fingerprint density at radius 1 is 1.56 bits per heavy atom. The van der Waals surface area contributed by atoms with Gasteiger partial charge < -0.3 is 15.6 Å². The van der Waals surface area contributed by atoms with Crippen molar-refractivity contribution in [2.75, 3.05) is 26.0 Å². The molecule has 0 saturated heterocycles. The largest absolute Gasteiger partial charge is 0.398 e. The lowest BCUT2D eigenvalue weighted by Gasteiger charge is -2.12. The van der Waals surface area contributed by atoms with Gasteiger partial charge in [-0.05, 0) is 18.2 Å². The molecule has 8 heteroatoms. The number of nitrogens with two attached hydrogens (primary N) is 1. The Labute approximate surface area is 111 Å². The van der Waals surface area contributed by atoms with Gasteiger partial charge in [0.05, 0.1) is 18.4 Å². The molecule has 0 heterocycles. The Morgan fingerprint density at radius 3 is 2.83 bits per heavy atom. The standard InChI is InChI=1S/C10H15ClN2O4S/c1-17-6-8(14)5-13-18(15,16)10-4-7(11)2-3-9(10)12/h2-4,8,13-14H,5-6,12H2,1H3. The van der Waals surface area contributed by atoms with Gasteiger partial charge in [-0.3, -0.25) is 0 Å². The summed E-state index contributed by atoms with van der Waals surface area (Å²) in [6, 6.07) is 4.15. The molecule has 6 nitrogen and oxygen atoms in total. The van der Waals surface area contributed by atoms with E-state index in [0.717, 1.165) is 0 Å². The molecule has 1 rings (SSSR count). The average molecular weight is 295 g/mol. The molecule has 0 aliphatic carbocycles. The predicted octanol–water partition coefficient (Wildman–Crippen LogP) is 0.208. The number of hydrogen-bond acceptors (Lipinski definition) is 5. The summed E-state index contributed by atoms with van der Waals surface area (Å²) in [6.45, 7) is -0.129. The van der Waals surface area contributed by atoms with Crippen LogP contribution >= 0.6 is 11.6 Å². The first-order valence-corrected chi connectivity index (χ1v) is 6.94. The monoisotopic (exact) mass is 294 g/mol. The molecule has 18 heavy (non-hydrogen) atoms. The fraction of sp³-hybridized carbons (Fsp3) is 0.400. The fourth-order valence-corrected chi connectivity index (χ4v) is 2.74. The zero-order valence-electron chi connectivity index (χ0n) is 9.76. The molecule has 102 valence electrons. The van der Waals surface area contributed by atoms with Crippen LogP contribution in [0.15, 0.2) is 23.1 Å². The van der Waals surface area contributed by atoms with Crippen LogP contribution in [0.1, 0.15) is 0 Å². The summed E-state index contributed by atoms with van der Waals surface area (Å²) >= 11 is 5.72. The number of hydrogen-bond donors (Lipinski definition) is 3. The molecule has 0 radical (unpaired) electrons. The summed E-state index contributed by atoms with van der Waals surface area (Å²) in [7, 11) is -2.39. The first-order valence-electron chi connectivity index (χ1n) is 5.08. The average Bonchev–Trinajstić information content (AvgIpc) is 2.30. The maximum absolute atomic E-state index is 11.9. The van der Waals surface area contributed by atoms with Gasteiger partial charge in [0.15, 0.2) is 0 Å². The molecule has 4 N–H and O–H groups in total. The Kier molecular flexibility index (Phi) is 5.36. The van der Waals surface area contributed by atoms with Crippen LogP contribution in [0.2, 0.25) is 5.02 Å². The van der Waals surface area contributed by atoms with Crippen molar-refractivity contribution < 1.29 is 18.3 Å². The molecule has 0 aliphatic heterocycles. The normalized spacial score (nSPS) is 13.5. The SMILES string of the molecule is COCC(O)CNS(=O)(=O)c1cc(Cl)ccc1N. The van der Waals surface area contributed by atoms with E-state index in [2.05, 4.69) is 9.46 Å². The zero-order chi connectivity index (χ0) is 13.8. The van der Waals surface area contributed by atoms with Crippen molar-refractivity contribution in [2.24, 2.45) is 0 Å². The number of anilines is 1. The molecule has 0 amide bonds. The van der Waals surface area contributed by atoms with Crippen molar-refractivity contribution >= 4 is 27.3 Å². The van der Waals surface area contributed by atoms with Crippen molar-refractivity contribution in [3.63, 3.8) is 0 Å². The lowest BCUT2D eigenvalue weighted by molar-refractivity contribution is 0.0679. The molecule has 0 bridgehead atoms. The van der Waals surface area contributed by atoms with E-state index in [-0.39, 0.29) is 28.8 Å². The van der Waals surface area contributed by atoms with E-state index >= 15 is 0 Å². The second-order valence-corrected chi connectivity index (χ2v) is 5.82. The van der Waals surface area contributed by atoms with Crippen molar-refractivity contribution in [3.8, 4) is 0 Å². The van der Waals surface area contributed by atoms with Gasteiger partial charge in [-0.1, -0.05) is 11.6 Å². The van der Waals surface area contributed by atoms with Gasteiger partial charge in [0.2, 0.25) is 10.0 Å². The second-order valence-electron chi connectivity index (χ2n) is 3.64. The number of nitrogens with one attached hydrogen (secondary N) is 1. The molecule has 0 aromatic heterocycles. The van der Waals surface area contributed by atoms with Crippen LogP contribution in [0.3, 0.4) is 0 Å². The minimum atomic E-state index is -3.80. The zero-order valence-corrected chi connectivity index (χ0v) is 11.3. The van der Waals surface area contributed by atoms with Gasteiger partial charge in [-0.25, -0.2) is 13.1 Å². The molecule has 1 unspecified atom stereocenters. The quantitative estimate of drug-likeness (QED) is 0.651. The van der Waals surface area contributed by atoms with Gasteiger partial charge in [-0.15, -0.1) is 0 Å². The highest BCUT2D eigenvalue weighted by molar-refractivity contribution is 7.89. The van der Waals surface area contributed by atoms with Crippen LogP contribution < -0.4 is 10.5 Å². The number of aliphatic hydroxyl groups excluding tert-OH is 1. The number of aliphatic hydroxyl groups is 1. The van der Waals surface area contributed by atoms with E-state index < -0.39 is 16.1 Å². The highest BCUT2D eigenvalue weighted by Gasteiger charge is 2.19. The maximum Gasteiger partial charge on any atom is 0.242 e. The molecule has 0 aliphatic rings. The fourth-order valence-electron chi connectivity index (χ4n) is 1.28. The Morgan fingerprint density at radius 2 is 2.22 bits per heavy atom. The van der Waals surface area contributed by atoms with Crippen LogP contribution in [0.25, 0.3) is 0 Å². The molecule has 0 saturated carbocycles. The number of benzene rings is 1. The number of nitrogen functional groups attached to an aromatic ring is 1. The minimum absolute atomic E-state index is 0.0353. The van der Waals surface area contributed by atoms with Gasteiger partial charge in [-0.2, -0.15) is 0 Å². The lowest BCUT2D eigenvalue weighted by Crippen LogP contribution is -2.34. The van der Waals surface area contributed by atoms with Gasteiger partial charge in [0.25, 0.3) is 0 Å². The Hall–Kier alpha value is -0.860. The van der Waals surface area contributed by atoms with E-state index in [1.165, 1.54) is 25.3 Å². The van der Waals surface area contributed by atoms with E-state index in [1.54, 1.807) is 0 Å². The molecule has 1 aromatic rings. The van der Waals surface area contributed by atoms with E-state index in [0.29, 0.717) is 0 Å². The topological polar surface area (TPSA) is 102 Å². The van der Waals surface area contributed by atoms with Crippen molar-refractivity contribution in [2.45, 2.75) is 11.0 Å². The number of methoxy groups -OCH3 is 1. The maximum atomic E-state index is 11.9. The molecule has 0 spiro atoms. The molecule has 1 aromatic carbocycles. The number of sulfonamides is 1. The molecule has 0 fully saturated rings. The highest BCUT2D eigenvalue weighted by Crippen LogP contribution is 2.22. The third-order valence-corrected chi connectivity index (χ3v) is 3.85. The van der Waals surface area contributed by atoms with E-state index in [4.69, 9.17) is 17.3 Å². The third kappa shape index (κ3) is 4.11. The van der Waals surface area contributed by atoms with Crippen molar-refractivity contribution in [3.05, 3.63) is 23.2 Å². The second kappa shape index (κ2) is 6.35. The number of ether oxygens (including phenoxy) is 1. The van der Waals surface area contributed by atoms with E-state index in [9.17, 15) is 13.5 Å². The molecular formula is C10H15ClN2O4S. The van der Waals surface area contributed by atoms with Crippen LogP contribution in [0.4, 0.5) is 5.69 Å². The van der Waals surface area contributed by atoms with Crippen LogP contribution in [-0.4, -0.2) is 39.9 Å². The van der Waals surface area contributed by atoms with Gasteiger partial charge in [0, 0.05) is 18.7 Å². The summed E-state index contributed by atoms with van der Waals surface area (Å²) in [6.07, 6.45) is -0.926. The van der Waals surface area contributed by atoms with Crippen molar-refractivity contribution in [1.82, 2.24) is 4.72 Å². The third-order valence-electron chi connectivity index (χ3n) is 2.13. The Balaban J connectivity index is 2.83. The smallest absolute Gasteiger partial charge is 0.242 e. The first kappa shape index (κ1) is 15.2. The summed E-state index contributed by atoms with van der Waals surface area (Å²) < 4.78 is 30.7. The van der Waals surface area contributed by atoms with Gasteiger partial charge in [0.1, 0.15) is 4.90 Å². The minimum Gasteiger partial charge on any atom is -0.398 e. The number of rotatable bonds is 6. The van der Waals surface area contributed by atoms with Crippen LogP contribution in [0, 0.1) is 0 Å². The van der Waals surface area contributed by atoms with Crippen molar-refractivity contribution in [1.29, 1.82) is 0 Å². The number of halogens is 1. The van der Waals surface area contributed by atoms with Gasteiger partial charge >= 0.3 is 0 Å². The lowest BCUT2D eigenvalue weighted by atomic mass is 10.3.